The lowest BCUT2D eigenvalue weighted by atomic mass is 10.1. The van der Waals surface area contributed by atoms with Gasteiger partial charge in [0, 0.05) is 5.56 Å². The van der Waals surface area contributed by atoms with Gasteiger partial charge < -0.3 is 18.3 Å². The zero-order valence-electron chi connectivity index (χ0n) is 14.6. The fourth-order valence-electron chi connectivity index (χ4n) is 2.75. The first kappa shape index (κ1) is 18.1. The van der Waals surface area contributed by atoms with Crippen molar-refractivity contribution in [2.45, 2.75) is 0 Å². The number of para-hydroxylation sites is 1. The molecule has 2 aromatic carbocycles. The average Bonchev–Trinajstić information content (AvgIpc) is 3.25. The number of furan rings is 1. The first-order valence-corrected chi connectivity index (χ1v) is 9.03. The van der Waals surface area contributed by atoms with Gasteiger partial charge in [0.15, 0.2) is 5.76 Å². The fraction of sp³-hybridized carbons (Fsp3) is 0.0476. The minimum Gasteiger partial charge on any atom is -0.496 e. The van der Waals surface area contributed by atoms with E-state index in [1.807, 2.05) is 0 Å². The van der Waals surface area contributed by atoms with Crippen molar-refractivity contribution in [3.8, 4) is 22.8 Å². The van der Waals surface area contributed by atoms with Crippen molar-refractivity contribution in [2.24, 2.45) is 0 Å². The molecule has 7 heteroatoms. The lowest BCUT2D eigenvalue weighted by Gasteiger charge is -2.11. The third-order valence-electron chi connectivity index (χ3n) is 4.09. The molecule has 0 spiro atoms. The molecule has 0 aliphatic heterocycles. The molecule has 0 unspecified atom stereocenters. The summed E-state index contributed by atoms with van der Waals surface area (Å²) >= 11 is 3.41. The van der Waals surface area contributed by atoms with Crippen LogP contribution in [0.3, 0.4) is 0 Å². The molecule has 0 atom stereocenters. The van der Waals surface area contributed by atoms with Gasteiger partial charge in [-0.15, -0.1) is 0 Å². The Morgan fingerprint density at radius 1 is 1.07 bits per heavy atom. The first-order valence-electron chi connectivity index (χ1n) is 8.24. The Bertz CT molecular complexity index is 1220. The number of benzene rings is 2. The highest BCUT2D eigenvalue weighted by Crippen LogP contribution is 2.35. The van der Waals surface area contributed by atoms with Crippen LogP contribution in [0.5, 0.6) is 11.5 Å². The minimum atomic E-state index is -0.790. The van der Waals surface area contributed by atoms with Gasteiger partial charge in [0.25, 0.3) is 0 Å². The average molecular weight is 441 g/mol. The third-order valence-corrected chi connectivity index (χ3v) is 4.71. The fourth-order valence-corrected chi connectivity index (χ4v) is 3.29. The number of ether oxygens (including phenoxy) is 2. The van der Waals surface area contributed by atoms with Crippen LogP contribution in [0.1, 0.15) is 10.6 Å². The van der Waals surface area contributed by atoms with Gasteiger partial charge in [-0.1, -0.05) is 12.1 Å². The van der Waals surface area contributed by atoms with Crippen molar-refractivity contribution in [3.63, 3.8) is 0 Å². The molecule has 2 heterocycles. The van der Waals surface area contributed by atoms with Crippen LogP contribution in [0.4, 0.5) is 0 Å². The van der Waals surface area contributed by atoms with Crippen molar-refractivity contribution < 1.29 is 23.1 Å². The molecule has 0 saturated heterocycles. The Morgan fingerprint density at radius 3 is 2.61 bits per heavy atom. The maximum absolute atomic E-state index is 13.0. The number of hydrogen-bond donors (Lipinski definition) is 0. The standard InChI is InChI=1S/C21H13BrO6/c1-25-16-9-8-12(11-14(16)22)19-20(28-21(24)17-7-4-10-26-17)18(23)13-5-2-3-6-15(13)27-19/h2-11H,1H3. The number of hydrogen-bond acceptors (Lipinski definition) is 6. The summed E-state index contributed by atoms with van der Waals surface area (Å²) in [5.41, 5.74) is 0.466. The number of methoxy groups -OCH3 is 1. The first-order chi connectivity index (χ1) is 13.6. The van der Waals surface area contributed by atoms with E-state index in [4.69, 9.17) is 18.3 Å². The molecule has 0 radical (unpaired) electrons. The maximum Gasteiger partial charge on any atom is 0.379 e. The molecular formula is C21H13BrO6. The van der Waals surface area contributed by atoms with Crippen molar-refractivity contribution >= 4 is 32.9 Å². The zero-order valence-corrected chi connectivity index (χ0v) is 16.2. The highest BCUT2D eigenvalue weighted by atomic mass is 79.9. The Morgan fingerprint density at radius 2 is 1.89 bits per heavy atom. The van der Waals surface area contributed by atoms with Gasteiger partial charge in [-0.05, 0) is 58.4 Å². The predicted octanol–water partition coefficient (Wildman–Crippen LogP) is 5.04. The molecule has 28 heavy (non-hydrogen) atoms. The molecule has 0 N–H and O–H groups in total. The third kappa shape index (κ3) is 3.20. The van der Waals surface area contributed by atoms with Crippen molar-refractivity contribution in [1.82, 2.24) is 0 Å². The number of carbonyl (C=O) groups is 1. The monoisotopic (exact) mass is 440 g/mol. The Labute approximate surface area is 167 Å². The molecule has 4 rings (SSSR count). The number of fused-ring (bicyclic) bond motifs is 1. The van der Waals surface area contributed by atoms with Gasteiger partial charge >= 0.3 is 5.97 Å². The summed E-state index contributed by atoms with van der Waals surface area (Å²) in [6, 6.07) is 14.9. The van der Waals surface area contributed by atoms with E-state index in [0.29, 0.717) is 26.8 Å². The molecular weight excluding hydrogens is 428 g/mol. The Kier molecular flexibility index (Phi) is 4.75. The van der Waals surface area contributed by atoms with E-state index in [-0.39, 0.29) is 17.3 Å². The lowest BCUT2D eigenvalue weighted by Crippen LogP contribution is -2.15. The van der Waals surface area contributed by atoms with Crippen LogP contribution < -0.4 is 14.9 Å². The molecule has 6 nitrogen and oxygen atoms in total. The highest BCUT2D eigenvalue weighted by Gasteiger charge is 2.22. The zero-order chi connectivity index (χ0) is 19.7. The van der Waals surface area contributed by atoms with E-state index in [0.717, 1.165) is 0 Å². The Balaban J connectivity index is 1.92. The predicted molar refractivity (Wildman–Crippen MR) is 106 cm³/mol. The topological polar surface area (TPSA) is 78.9 Å². The molecule has 0 aliphatic carbocycles. The van der Waals surface area contributed by atoms with Gasteiger partial charge in [0.2, 0.25) is 16.9 Å². The summed E-state index contributed by atoms with van der Waals surface area (Å²) in [6.07, 6.45) is 1.35. The molecule has 0 aliphatic rings. The van der Waals surface area contributed by atoms with Gasteiger partial charge in [-0.25, -0.2) is 4.79 Å². The van der Waals surface area contributed by atoms with Gasteiger partial charge in [0.1, 0.15) is 11.3 Å². The van der Waals surface area contributed by atoms with Crippen LogP contribution in [0, 0.1) is 0 Å². The largest absolute Gasteiger partial charge is 0.496 e. The van der Waals surface area contributed by atoms with Gasteiger partial charge in [-0.3, -0.25) is 4.79 Å². The molecule has 0 bridgehead atoms. The van der Waals surface area contributed by atoms with Crippen LogP contribution >= 0.6 is 15.9 Å². The Hall–Kier alpha value is -3.32. The van der Waals surface area contributed by atoms with E-state index >= 15 is 0 Å². The highest BCUT2D eigenvalue weighted by molar-refractivity contribution is 9.10. The summed E-state index contributed by atoms with van der Waals surface area (Å²) in [4.78, 5) is 25.4. The van der Waals surface area contributed by atoms with Gasteiger partial charge in [-0.2, -0.15) is 0 Å². The number of esters is 1. The van der Waals surface area contributed by atoms with Crippen molar-refractivity contribution in [2.75, 3.05) is 7.11 Å². The summed E-state index contributed by atoms with van der Waals surface area (Å²) in [5.74, 6) is -0.277. The molecule has 140 valence electrons. The minimum absolute atomic E-state index is 0.0191. The lowest BCUT2D eigenvalue weighted by molar-refractivity contribution is 0.0698. The quantitative estimate of drug-likeness (QED) is 0.413. The van der Waals surface area contributed by atoms with Gasteiger partial charge in [0.05, 0.1) is 23.2 Å². The summed E-state index contributed by atoms with van der Waals surface area (Å²) < 4.78 is 22.3. The molecule has 0 fully saturated rings. The maximum atomic E-state index is 13.0. The normalized spacial score (nSPS) is 10.8. The number of rotatable bonds is 4. The molecule has 4 aromatic rings. The second-order valence-electron chi connectivity index (χ2n) is 5.80. The van der Waals surface area contributed by atoms with Crippen molar-refractivity contribution in [3.05, 3.63) is 81.3 Å². The summed E-state index contributed by atoms with van der Waals surface area (Å²) in [6.45, 7) is 0. The molecule has 0 saturated carbocycles. The second-order valence-corrected chi connectivity index (χ2v) is 6.66. The summed E-state index contributed by atoms with van der Waals surface area (Å²) in [7, 11) is 1.55. The molecule has 0 amide bonds. The van der Waals surface area contributed by atoms with Crippen LogP contribution in [0.25, 0.3) is 22.3 Å². The van der Waals surface area contributed by atoms with E-state index in [9.17, 15) is 9.59 Å². The molecule has 2 aromatic heterocycles. The van der Waals surface area contributed by atoms with E-state index in [1.54, 1.807) is 55.6 Å². The van der Waals surface area contributed by atoms with Crippen molar-refractivity contribution in [1.29, 1.82) is 0 Å². The number of carbonyl (C=O) groups excluding carboxylic acids is 1. The number of halogens is 1. The van der Waals surface area contributed by atoms with Crippen LogP contribution in [-0.2, 0) is 0 Å². The van der Waals surface area contributed by atoms with E-state index < -0.39 is 11.4 Å². The van der Waals surface area contributed by atoms with Crippen LogP contribution in [-0.4, -0.2) is 13.1 Å². The second kappa shape index (κ2) is 7.36. The smallest absolute Gasteiger partial charge is 0.379 e. The van der Waals surface area contributed by atoms with Crippen LogP contribution in [0.2, 0.25) is 0 Å². The van der Waals surface area contributed by atoms with E-state index in [1.165, 1.54) is 12.3 Å². The van der Waals surface area contributed by atoms with E-state index in [2.05, 4.69) is 15.9 Å². The van der Waals surface area contributed by atoms with Crippen LogP contribution in [0.15, 0.2) is 79.0 Å². The summed E-state index contributed by atoms with van der Waals surface area (Å²) in [5, 5.41) is 0.307. The SMILES string of the molecule is COc1ccc(-c2oc3ccccc3c(=O)c2OC(=O)c2ccco2)cc1Br.